The zero-order valence-electron chi connectivity index (χ0n) is 31.2. The third-order valence-electron chi connectivity index (χ3n) is 7.82. The molecule has 0 fully saturated rings. The fraction of sp³-hybridized carbons (Fsp3) is 0.710. The smallest absolute Gasteiger partial charge is 0.326 e. The summed E-state index contributed by atoms with van der Waals surface area (Å²) in [6.45, 7) is -0.364. The molecule has 314 valence electrons. The standard InChI is InChI=1S/C31H60N14O9S/c1-55-15-11-21(29(53)54)44-27(51)20(9-10-23(34)47)43-28(52)22(16-46)45-26(50)19(8-5-14-40-31(37)38)42-25(49)18(7-2-3-12-32)41-24(48)17(33)6-4-13-39-30(35)36/h17-22,46H,2-16,32-33H2,1H3,(H2,34,47)(H,41,48)(H,42,49)(H,43,52)(H,44,51)(H,45,50)(H,53,54)(H4,35,36,39)(H4,37,38,40). The number of unbranched alkanes of at least 4 members (excludes halogenated alkanes) is 1. The average molecular weight is 805 g/mol. The summed E-state index contributed by atoms with van der Waals surface area (Å²) in [7, 11) is 0. The van der Waals surface area contributed by atoms with E-state index in [-0.39, 0.29) is 70.0 Å². The van der Waals surface area contributed by atoms with Gasteiger partial charge in [-0.3, -0.25) is 38.8 Å². The van der Waals surface area contributed by atoms with Gasteiger partial charge in [0.05, 0.1) is 12.6 Å². The first-order valence-electron chi connectivity index (χ1n) is 17.7. The number of carboxylic acid groups (broad SMARTS) is 1. The Labute approximate surface area is 323 Å². The van der Waals surface area contributed by atoms with Gasteiger partial charge in [0.2, 0.25) is 35.4 Å². The van der Waals surface area contributed by atoms with Crippen molar-refractivity contribution < 1.29 is 43.8 Å². The van der Waals surface area contributed by atoms with Crippen molar-refractivity contribution in [3.8, 4) is 0 Å². The molecule has 0 aliphatic rings. The highest BCUT2D eigenvalue weighted by Crippen LogP contribution is 2.08. The van der Waals surface area contributed by atoms with E-state index in [2.05, 4.69) is 36.6 Å². The lowest BCUT2D eigenvalue weighted by atomic mass is 10.0. The molecule has 0 spiro atoms. The topological polar surface area (TPSA) is 427 Å². The van der Waals surface area contributed by atoms with Crippen molar-refractivity contribution in [2.45, 2.75) is 100 Å². The molecule has 24 heteroatoms. The van der Waals surface area contributed by atoms with Gasteiger partial charge in [0.25, 0.3) is 0 Å². The second kappa shape index (κ2) is 28.5. The van der Waals surface area contributed by atoms with E-state index in [1.54, 1.807) is 6.26 Å². The van der Waals surface area contributed by atoms with Gasteiger partial charge in [0, 0.05) is 19.5 Å². The van der Waals surface area contributed by atoms with E-state index in [1.165, 1.54) is 11.8 Å². The van der Waals surface area contributed by atoms with Gasteiger partial charge in [0.15, 0.2) is 11.9 Å². The lowest BCUT2D eigenvalue weighted by molar-refractivity contribution is -0.142. The van der Waals surface area contributed by atoms with Gasteiger partial charge < -0.3 is 76.9 Å². The zero-order chi connectivity index (χ0) is 41.9. The minimum atomic E-state index is -1.68. The van der Waals surface area contributed by atoms with Gasteiger partial charge in [-0.15, -0.1) is 0 Å². The van der Waals surface area contributed by atoms with Gasteiger partial charge in [-0.1, -0.05) is 0 Å². The first-order chi connectivity index (χ1) is 26.0. The first kappa shape index (κ1) is 50.1. The molecule has 6 atom stereocenters. The van der Waals surface area contributed by atoms with Crippen LogP contribution in [0.25, 0.3) is 0 Å². The van der Waals surface area contributed by atoms with Crippen molar-refractivity contribution >= 4 is 65.1 Å². The molecule has 0 aromatic heterocycles. The summed E-state index contributed by atoms with van der Waals surface area (Å²) in [4.78, 5) is 97.3. The van der Waals surface area contributed by atoms with Gasteiger partial charge in [-0.2, -0.15) is 11.8 Å². The number of primary amides is 1. The van der Waals surface area contributed by atoms with Crippen LogP contribution in [-0.4, -0.2) is 138 Å². The van der Waals surface area contributed by atoms with Crippen molar-refractivity contribution in [2.24, 2.45) is 50.1 Å². The maximum Gasteiger partial charge on any atom is 0.326 e. The number of thioether (sulfide) groups is 1. The zero-order valence-corrected chi connectivity index (χ0v) is 32.0. The van der Waals surface area contributed by atoms with Crippen LogP contribution >= 0.6 is 11.8 Å². The SMILES string of the molecule is CSCCC(NC(=O)C(CCC(N)=O)NC(=O)C(CO)NC(=O)C(CCCN=C(N)N)NC(=O)C(CCCCN)NC(=O)C(N)CCCN=C(N)N)C(=O)O. The number of aliphatic hydroxyl groups is 1. The monoisotopic (exact) mass is 804 g/mol. The van der Waals surface area contributed by atoms with Crippen molar-refractivity contribution in [3.63, 3.8) is 0 Å². The summed E-state index contributed by atoms with van der Waals surface area (Å²) < 4.78 is 0. The number of guanidine groups is 2. The van der Waals surface area contributed by atoms with E-state index in [1.807, 2.05) is 0 Å². The quantitative estimate of drug-likeness (QED) is 0.0183. The summed E-state index contributed by atoms with van der Waals surface area (Å²) in [5, 5.41) is 31.8. The molecule has 0 saturated carbocycles. The Kier molecular flexibility index (Phi) is 25.9. The van der Waals surface area contributed by atoms with E-state index in [9.17, 15) is 43.8 Å². The largest absolute Gasteiger partial charge is 0.480 e. The molecular weight excluding hydrogens is 744 g/mol. The number of hydrogen-bond acceptors (Lipinski definition) is 13. The number of carbonyl (C=O) groups excluding carboxylic acids is 6. The fourth-order valence-corrected chi connectivity index (χ4v) is 5.27. The molecule has 21 N–H and O–H groups in total. The number of hydrogen-bond donors (Lipinski definition) is 14. The van der Waals surface area contributed by atoms with E-state index >= 15 is 0 Å². The average Bonchev–Trinajstić information content (AvgIpc) is 3.12. The summed E-state index contributed by atoms with van der Waals surface area (Å²) in [5.74, 6) is -6.40. The second-order valence-corrected chi connectivity index (χ2v) is 13.4. The number of rotatable bonds is 30. The Morgan fingerprint density at radius 2 is 1.04 bits per heavy atom. The number of amides is 6. The summed E-state index contributed by atoms with van der Waals surface area (Å²) in [6.07, 6.45) is 2.87. The minimum Gasteiger partial charge on any atom is -0.480 e. The van der Waals surface area contributed by atoms with Crippen LogP contribution in [0.4, 0.5) is 0 Å². The molecular formula is C31H60N14O9S. The van der Waals surface area contributed by atoms with Crippen LogP contribution in [0.3, 0.4) is 0 Å². The highest BCUT2D eigenvalue weighted by atomic mass is 32.2. The van der Waals surface area contributed by atoms with Crippen LogP contribution in [0.5, 0.6) is 0 Å². The molecule has 0 aliphatic carbocycles. The second-order valence-electron chi connectivity index (χ2n) is 12.4. The Balaban J connectivity index is 6.12. The van der Waals surface area contributed by atoms with Crippen LogP contribution in [0.2, 0.25) is 0 Å². The number of nitrogens with two attached hydrogens (primary N) is 7. The molecule has 0 bridgehead atoms. The highest BCUT2D eigenvalue weighted by Gasteiger charge is 2.32. The highest BCUT2D eigenvalue weighted by molar-refractivity contribution is 7.98. The maximum absolute atomic E-state index is 13.6. The molecule has 0 aromatic carbocycles. The lowest BCUT2D eigenvalue weighted by Crippen LogP contribution is -2.60. The predicted molar refractivity (Wildman–Crippen MR) is 207 cm³/mol. The van der Waals surface area contributed by atoms with Crippen molar-refractivity contribution in [3.05, 3.63) is 0 Å². The Bertz CT molecular complexity index is 1310. The third kappa shape index (κ3) is 22.8. The molecule has 0 aromatic rings. The van der Waals surface area contributed by atoms with Crippen LogP contribution in [0.1, 0.15) is 64.2 Å². The Hall–Kier alpha value is -4.94. The number of aliphatic hydroxyl groups excluding tert-OH is 1. The minimum absolute atomic E-state index is 0.0577. The molecule has 0 heterocycles. The van der Waals surface area contributed by atoms with E-state index in [0.29, 0.717) is 31.6 Å². The number of aliphatic imine (C=N–C) groups is 2. The van der Waals surface area contributed by atoms with Crippen LogP contribution < -0.4 is 66.7 Å². The Morgan fingerprint density at radius 1 is 0.600 bits per heavy atom. The fourth-order valence-electron chi connectivity index (χ4n) is 4.80. The molecule has 0 rings (SSSR count). The van der Waals surface area contributed by atoms with E-state index < -0.39 is 84.3 Å². The van der Waals surface area contributed by atoms with Gasteiger partial charge in [-0.05, 0) is 76.3 Å². The van der Waals surface area contributed by atoms with Gasteiger partial charge in [0.1, 0.15) is 30.2 Å². The van der Waals surface area contributed by atoms with Crippen LogP contribution in [0, 0.1) is 0 Å². The normalized spacial score (nSPS) is 14.0. The van der Waals surface area contributed by atoms with Crippen LogP contribution in [0.15, 0.2) is 9.98 Å². The molecule has 6 amide bonds. The summed E-state index contributed by atoms with van der Waals surface area (Å²) in [5.41, 5.74) is 38.3. The number of carbonyl (C=O) groups is 7. The molecule has 0 radical (unpaired) electrons. The van der Waals surface area contributed by atoms with Gasteiger partial charge in [-0.25, -0.2) is 4.79 Å². The maximum atomic E-state index is 13.6. The van der Waals surface area contributed by atoms with E-state index in [4.69, 9.17) is 40.1 Å². The van der Waals surface area contributed by atoms with Crippen LogP contribution in [-0.2, 0) is 33.6 Å². The van der Waals surface area contributed by atoms with Crippen molar-refractivity contribution in [1.29, 1.82) is 0 Å². The third-order valence-corrected chi connectivity index (χ3v) is 8.46. The molecule has 0 aliphatic heterocycles. The first-order valence-corrected chi connectivity index (χ1v) is 19.1. The number of carboxylic acids is 1. The molecule has 0 saturated heterocycles. The summed E-state index contributed by atoms with van der Waals surface area (Å²) >= 11 is 1.35. The molecule has 6 unspecified atom stereocenters. The number of aliphatic carboxylic acids is 1. The van der Waals surface area contributed by atoms with E-state index in [0.717, 1.165) is 0 Å². The van der Waals surface area contributed by atoms with Crippen molar-refractivity contribution in [1.82, 2.24) is 26.6 Å². The number of nitrogens with zero attached hydrogens (tertiary/aromatic N) is 2. The summed E-state index contributed by atoms with van der Waals surface area (Å²) in [6, 6.07) is -7.98. The lowest BCUT2D eigenvalue weighted by Gasteiger charge is -2.26. The number of nitrogens with one attached hydrogen (secondary N) is 5. The van der Waals surface area contributed by atoms with Gasteiger partial charge >= 0.3 is 5.97 Å². The molecule has 23 nitrogen and oxygen atoms in total. The molecule has 55 heavy (non-hydrogen) atoms. The predicted octanol–water partition coefficient (Wildman–Crippen LogP) is -5.93. The Morgan fingerprint density at radius 3 is 1.49 bits per heavy atom. The van der Waals surface area contributed by atoms with Crippen molar-refractivity contribution in [2.75, 3.05) is 38.2 Å².